The molecule has 2 rings (SSSR count). The van der Waals surface area contributed by atoms with Crippen molar-refractivity contribution in [3.8, 4) is 5.75 Å². The van der Waals surface area contributed by atoms with Crippen LogP contribution in [-0.4, -0.2) is 82.8 Å². The van der Waals surface area contributed by atoms with Crippen LogP contribution < -0.4 is 4.74 Å². The molecule has 5 unspecified atom stereocenters. The van der Waals surface area contributed by atoms with Crippen LogP contribution in [-0.2, 0) is 4.74 Å². The number of aliphatic hydroxyl groups excluding tert-OH is 4. The Morgan fingerprint density at radius 1 is 1.17 bits per heavy atom. The van der Waals surface area contributed by atoms with Crippen molar-refractivity contribution in [1.29, 1.82) is 0 Å². The Balaban J connectivity index is 2.34. The third-order valence-electron chi connectivity index (χ3n) is 5.63. The van der Waals surface area contributed by atoms with Gasteiger partial charge >= 0.3 is 0 Å². The van der Waals surface area contributed by atoms with E-state index in [1.807, 2.05) is 25.1 Å². The Morgan fingerprint density at radius 3 is 2.53 bits per heavy atom. The first kappa shape index (κ1) is 24.8. The van der Waals surface area contributed by atoms with E-state index in [2.05, 4.69) is 31.9 Å². The molecule has 1 aromatic rings. The molecule has 0 spiro atoms. The average molecular weight is 424 g/mol. The summed E-state index contributed by atoms with van der Waals surface area (Å²) in [4.78, 5) is 2.25. The van der Waals surface area contributed by atoms with Gasteiger partial charge in [0.05, 0.1) is 6.61 Å². The molecule has 0 aliphatic carbocycles. The van der Waals surface area contributed by atoms with E-state index in [0.717, 1.165) is 49.1 Å². The lowest BCUT2D eigenvalue weighted by molar-refractivity contribution is -0.277. The maximum absolute atomic E-state index is 10.4. The second kappa shape index (κ2) is 11.8. The second-order valence-corrected chi connectivity index (χ2v) is 7.93. The highest BCUT2D eigenvalue weighted by Gasteiger charge is 2.44. The van der Waals surface area contributed by atoms with E-state index in [0.29, 0.717) is 5.75 Å². The van der Waals surface area contributed by atoms with Gasteiger partial charge in [-0.2, -0.15) is 0 Å². The summed E-state index contributed by atoms with van der Waals surface area (Å²) in [6, 6.07) is 5.69. The van der Waals surface area contributed by atoms with Crippen molar-refractivity contribution >= 4 is 5.57 Å². The van der Waals surface area contributed by atoms with Crippen LogP contribution in [0.15, 0.2) is 24.3 Å². The van der Waals surface area contributed by atoms with Crippen LogP contribution in [0.25, 0.3) is 5.57 Å². The second-order valence-electron chi connectivity index (χ2n) is 7.93. The van der Waals surface area contributed by atoms with Crippen molar-refractivity contribution in [2.75, 3.05) is 26.7 Å². The van der Waals surface area contributed by atoms with Crippen LogP contribution in [0.4, 0.5) is 0 Å². The molecule has 5 atom stereocenters. The molecule has 1 aliphatic heterocycles. The van der Waals surface area contributed by atoms with Crippen molar-refractivity contribution in [2.24, 2.45) is 0 Å². The summed E-state index contributed by atoms with van der Waals surface area (Å²) < 4.78 is 11.6. The Hall–Kier alpha value is -1.48. The third kappa shape index (κ3) is 6.03. The van der Waals surface area contributed by atoms with Gasteiger partial charge in [0, 0.05) is 12.1 Å². The van der Waals surface area contributed by atoms with Crippen LogP contribution in [0.2, 0.25) is 0 Å². The van der Waals surface area contributed by atoms with E-state index in [1.165, 1.54) is 0 Å². The quantitative estimate of drug-likeness (QED) is 0.454. The van der Waals surface area contributed by atoms with Crippen LogP contribution in [0, 0.1) is 6.92 Å². The fourth-order valence-electron chi connectivity index (χ4n) is 3.56. The fraction of sp³-hybridized carbons (Fsp3) is 0.652. The minimum absolute atomic E-state index is 0.490. The number of benzene rings is 1. The van der Waals surface area contributed by atoms with Crippen LogP contribution in [0.5, 0.6) is 5.75 Å². The molecule has 1 saturated heterocycles. The Labute approximate surface area is 179 Å². The molecule has 0 saturated carbocycles. The Morgan fingerprint density at radius 2 is 1.90 bits per heavy atom. The zero-order chi connectivity index (χ0) is 22.3. The molecule has 0 amide bonds. The van der Waals surface area contributed by atoms with Gasteiger partial charge in [-0.05, 0) is 50.6 Å². The van der Waals surface area contributed by atoms with Crippen LogP contribution in [0.1, 0.15) is 44.2 Å². The first-order valence-corrected chi connectivity index (χ1v) is 10.8. The van der Waals surface area contributed by atoms with Gasteiger partial charge in [0.2, 0.25) is 6.29 Å². The summed E-state index contributed by atoms with van der Waals surface area (Å²) in [7, 11) is 2.08. The molecule has 1 heterocycles. The van der Waals surface area contributed by atoms with Gasteiger partial charge in [-0.15, -0.1) is 0 Å². The topological polar surface area (TPSA) is 103 Å². The van der Waals surface area contributed by atoms with Crippen LogP contribution >= 0.6 is 0 Å². The molecule has 1 aromatic carbocycles. The molecule has 170 valence electrons. The molecule has 1 fully saturated rings. The van der Waals surface area contributed by atoms with Gasteiger partial charge in [0.15, 0.2) is 0 Å². The van der Waals surface area contributed by atoms with Gasteiger partial charge in [0.25, 0.3) is 0 Å². The van der Waals surface area contributed by atoms with Gasteiger partial charge in [0.1, 0.15) is 30.2 Å². The first-order valence-electron chi connectivity index (χ1n) is 10.8. The fourth-order valence-corrected chi connectivity index (χ4v) is 3.56. The highest BCUT2D eigenvalue weighted by atomic mass is 16.7. The number of aryl methyl sites for hydroxylation is 1. The molecule has 30 heavy (non-hydrogen) atoms. The number of rotatable bonds is 10. The molecule has 0 bridgehead atoms. The summed E-state index contributed by atoms with van der Waals surface area (Å²) >= 11 is 0. The number of aliphatic hydroxyl groups is 4. The molecule has 7 nitrogen and oxygen atoms in total. The third-order valence-corrected chi connectivity index (χ3v) is 5.63. The normalized spacial score (nSPS) is 27.5. The molecule has 0 aromatic heterocycles. The lowest BCUT2D eigenvalue weighted by atomic mass is 9.95. The highest BCUT2D eigenvalue weighted by Crippen LogP contribution is 2.34. The van der Waals surface area contributed by atoms with E-state index in [9.17, 15) is 20.4 Å². The Kier molecular flexibility index (Phi) is 9.74. The van der Waals surface area contributed by atoms with E-state index in [-0.39, 0.29) is 0 Å². The number of unbranched alkanes of at least 4 members (excludes halogenated alkanes) is 1. The largest absolute Gasteiger partial charge is 0.461 e. The maximum Gasteiger partial charge on any atom is 0.229 e. The molecular formula is C23H37NO6. The van der Waals surface area contributed by atoms with Gasteiger partial charge in [-0.3, -0.25) is 0 Å². The van der Waals surface area contributed by atoms with Gasteiger partial charge in [-0.1, -0.05) is 38.5 Å². The minimum Gasteiger partial charge on any atom is -0.461 e. The van der Waals surface area contributed by atoms with Crippen molar-refractivity contribution in [1.82, 2.24) is 4.90 Å². The lowest BCUT2D eigenvalue weighted by Crippen LogP contribution is -2.60. The van der Waals surface area contributed by atoms with E-state index < -0.39 is 37.3 Å². The van der Waals surface area contributed by atoms with Crippen molar-refractivity contribution in [2.45, 2.75) is 70.7 Å². The van der Waals surface area contributed by atoms with Crippen molar-refractivity contribution in [3.05, 3.63) is 35.4 Å². The molecule has 0 radical (unpaired) electrons. The van der Waals surface area contributed by atoms with Crippen LogP contribution in [0.3, 0.4) is 0 Å². The van der Waals surface area contributed by atoms with E-state index >= 15 is 0 Å². The zero-order valence-corrected chi connectivity index (χ0v) is 18.5. The lowest BCUT2D eigenvalue weighted by Gasteiger charge is -2.39. The van der Waals surface area contributed by atoms with Gasteiger partial charge < -0.3 is 34.8 Å². The molecule has 4 N–H and O–H groups in total. The zero-order valence-electron chi connectivity index (χ0n) is 18.5. The maximum atomic E-state index is 10.4. The smallest absolute Gasteiger partial charge is 0.229 e. The predicted molar refractivity (Wildman–Crippen MR) is 116 cm³/mol. The summed E-state index contributed by atoms with van der Waals surface area (Å²) in [6.07, 6.45) is -1.48. The molecular weight excluding hydrogens is 386 g/mol. The molecule has 1 aliphatic rings. The summed E-state index contributed by atoms with van der Waals surface area (Å²) in [5, 5.41) is 39.9. The number of nitrogens with zero attached hydrogens (tertiary/aromatic N) is 1. The highest BCUT2D eigenvalue weighted by molar-refractivity contribution is 5.73. The van der Waals surface area contributed by atoms with Gasteiger partial charge in [-0.25, -0.2) is 0 Å². The Bertz CT molecular complexity index is 692. The predicted octanol–water partition coefficient (Wildman–Crippen LogP) is 1.70. The van der Waals surface area contributed by atoms with E-state index in [1.54, 1.807) is 0 Å². The van der Waals surface area contributed by atoms with Crippen molar-refractivity contribution in [3.63, 3.8) is 0 Å². The van der Waals surface area contributed by atoms with Crippen molar-refractivity contribution < 1.29 is 29.9 Å². The summed E-state index contributed by atoms with van der Waals surface area (Å²) in [5.41, 5.74) is 3.15. The monoisotopic (exact) mass is 423 g/mol. The average Bonchev–Trinajstić information content (AvgIpc) is 2.74. The van der Waals surface area contributed by atoms with E-state index in [4.69, 9.17) is 9.47 Å². The minimum atomic E-state index is -1.47. The number of hydrogen-bond acceptors (Lipinski definition) is 7. The number of allylic oxidation sites excluding steroid dienone is 1. The summed E-state index contributed by atoms with van der Waals surface area (Å²) in [5.74, 6) is 0.542. The summed E-state index contributed by atoms with van der Waals surface area (Å²) in [6.45, 7) is 7.64. The SMILES string of the molecule is CCC/C=C(/CCN(C)CC)c1c(C)cccc1OC1OC(CO)C(O)C(O)C1O. The number of ether oxygens (including phenoxy) is 2. The number of hydrogen-bond donors (Lipinski definition) is 4. The standard InChI is InChI=1S/C23H37NO6/c1-5-7-10-16(12-13-24(4)6-2)19-15(3)9-8-11-17(19)29-23-22(28)21(27)20(26)18(14-25)30-23/h8-11,18,20-23,25-28H,5-7,12-14H2,1-4H3/b16-10-. The first-order chi connectivity index (χ1) is 14.3. The molecule has 7 heteroatoms.